The van der Waals surface area contributed by atoms with Crippen LogP contribution in [0.1, 0.15) is 19.3 Å². The van der Waals surface area contributed by atoms with Crippen molar-refractivity contribution in [2.75, 3.05) is 19.5 Å². The molecule has 9 heavy (non-hydrogen) atoms. The second kappa shape index (κ2) is 3.43. The Bertz CT molecular complexity index is 85.0. The third-order valence-corrected chi connectivity index (χ3v) is 2.46. The van der Waals surface area contributed by atoms with E-state index in [-0.39, 0.29) is 0 Å². The number of piperidine rings is 1. The lowest BCUT2D eigenvalue weighted by atomic mass is 10.1. The standard InChI is InChI=1S/C7H14ClN/c1-9-5-3-2-4-7(9)6-8/h7H,2-6H2,1H3/t7-/m1/s1. The van der Waals surface area contributed by atoms with E-state index in [0.717, 1.165) is 5.88 Å². The highest BCUT2D eigenvalue weighted by atomic mass is 35.5. The molecular formula is C7H14ClN. The zero-order chi connectivity index (χ0) is 6.69. The second-order valence-electron chi connectivity index (χ2n) is 2.78. The highest BCUT2D eigenvalue weighted by Crippen LogP contribution is 2.15. The Morgan fingerprint density at radius 1 is 1.56 bits per heavy atom. The molecule has 0 saturated carbocycles. The van der Waals surface area contributed by atoms with Gasteiger partial charge in [-0.1, -0.05) is 6.42 Å². The molecule has 0 radical (unpaired) electrons. The minimum Gasteiger partial charge on any atom is -0.302 e. The van der Waals surface area contributed by atoms with Crippen molar-refractivity contribution in [1.29, 1.82) is 0 Å². The van der Waals surface area contributed by atoms with Crippen LogP contribution in [-0.2, 0) is 0 Å². The zero-order valence-corrected chi connectivity index (χ0v) is 6.69. The number of nitrogens with zero attached hydrogens (tertiary/aromatic N) is 1. The van der Waals surface area contributed by atoms with Crippen molar-refractivity contribution < 1.29 is 0 Å². The summed E-state index contributed by atoms with van der Waals surface area (Å²) in [6.07, 6.45) is 4.01. The van der Waals surface area contributed by atoms with Crippen molar-refractivity contribution in [2.45, 2.75) is 25.3 Å². The normalized spacial score (nSPS) is 30.7. The van der Waals surface area contributed by atoms with Crippen LogP contribution in [0.4, 0.5) is 0 Å². The lowest BCUT2D eigenvalue weighted by molar-refractivity contribution is 0.203. The summed E-state index contributed by atoms with van der Waals surface area (Å²) in [6.45, 7) is 1.23. The first-order chi connectivity index (χ1) is 4.34. The first-order valence-corrected chi connectivity index (χ1v) is 4.14. The van der Waals surface area contributed by atoms with Crippen LogP contribution in [-0.4, -0.2) is 30.4 Å². The molecule has 1 atom stereocenters. The minimum atomic E-state index is 0.653. The van der Waals surface area contributed by atoms with Crippen LogP contribution in [0.3, 0.4) is 0 Å². The molecule has 0 amide bonds. The SMILES string of the molecule is CN1CCCC[C@@H]1CCl. The molecule has 1 aliphatic rings. The van der Waals surface area contributed by atoms with Crippen LogP contribution in [0.25, 0.3) is 0 Å². The van der Waals surface area contributed by atoms with Gasteiger partial charge < -0.3 is 4.90 Å². The Morgan fingerprint density at radius 3 is 2.78 bits per heavy atom. The summed E-state index contributed by atoms with van der Waals surface area (Å²) in [5.41, 5.74) is 0. The molecule has 0 spiro atoms. The van der Waals surface area contributed by atoms with E-state index in [4.69, 9.17) is 11.6 Å². The fraction of sp³-hybridized carbons (Fsp3) is 1.00. The van der Waals surface area contributed by atoms with E-state index >= 15 is 0 Å². The van der Waals surface area contributed by atoms with Gasteiger partial charge in [-0.25, -0.2) is 0 Å². The van der Waals surface area contributed by atoms with E-state index in [9.17, 15) is 0 Å². The van der Waals surface area contributed by atoms with Crippen LogP contribution in [0.5, 0.6) is 0 Å². The molecule has 0 aromatic rings. The van der Waals surface area contributed by atoms with Crippen LogP contribution >= 0.6 is 11.6 Å². The fourth-order valence-electron chi connectivity index (χ4n) is 1.34. The molecule has 0 aliphatic carbocycles. The van der Waals surface area contributed by atoms with Crippen molar-refractivity contribution in [1.82, 2.24) is 4.90 Å². The number of likely N-dealkylation sites (tertiary alicyclic amines) is 1. The van der Waals surface area contributed by atoms with Gasteiger partial charge in [0.2, 0.25) is 0 Å². The average Bonchev–Trinajstić information content (AvgIpc) is 1.89. The van der Waals surface area contributed by atoms with E-state index in [2.05, 4.69) is 11.9 Å². The smallest absolute Gasteiger partial charge is 0.0379 e. The number of hydrogen-bond donors (Lipinski definition) is 0. The number of halogens is 1. The Morgan fingerprint density at radius 2 is 2.33 bits per heavy atom. The topological polar surface area (TPSA) is 3.24 Å². The quantitative estimate of drug-likeness (QED) is 0.511. The molecule has 1 aliphatic heterocycles. The summed E-state index contributed by atoms with van der Waals surface area (Å²) in [5, 5.41) is 0. The van der Waals surface area contributed by atoms with Gasteiger partial charge in [0.05, 0.1) is 0 Å². The largest absolute Gasteiger partial charge is 0.302 e. The molecule has 1 fully saturated rings. The first-order valence-electron chi connectivity index (χ1n) is 3.61. The lowest BCUT2D eigenvalue weighted by Gasteiger charge is -2.30. The summed E-state index contributed by atoms with van der Waals surface area (Å²) >= 11 is 5.73. The van der Waals surface area contributed by atoms with Crippen molar-refractivity contribution >= 4 is 11.6 Å². The number of rotatable bonds is 1. The third-order valence-electron chi connectivity index (χ3n) is 2.10. The first kappa shape index (κ1) is 7.36. The van der Waals surface area contributed by atoms with Gasteiger partial charge in [0, 0.05) is 11.9 Å². The van der Waals surface area contributed by atoms with Crippen molar-refractivity contribution in [3.63, 3.8) is 0 Å². The molecule has 2 heteroatoms. The van der Waals surface area contributed by atoms with Gasteiger partial charge in [0.25, 0.3) is 0 Å². The molecular weight excluding hydrogens is 134 g/mol. The van der Waals surface area contributed by atoms with Crippen LogP contribution < -0.4 is 0 Å². The van der Waals surface area contributed by atoms with Crippen LogP contribution in [0, 0.1) is 0 Å². The van der Waals surface area contributed by atoms with Gasteiger partial charge in [0.15, 0.2) is 0 Å². The van der Waals surface area contributed by atoms with E-state index in [1.807, 2.05) is 0 Å². The number of alkyl halides is 1. The average molecular weight is 148 g/mol. The van der Waals surface area contributed by atoms with Crippen molar-refractivity contribution in [3.8, 4) is 0 Å². The molecule has 1 saturated heterocycles. The van der Waals surface area contributed by atoms with E-state index < -0.39 is 0 Å². The van der Waals surface area contributed by atoms with Gasteiger partial charge in [-0.15, -0.1) is 11.6 Å². The Balaban J connectivity index is 2.30. The minimum absolute atomic E-state index is 0.653. The maximum Gasteiger partial charge on any atom is 0.0379 e. The molecule has 0 bridgehead atoms. The van der Waals surface area contributed by atoms with E-state index in [1.165, 1.54) is 25.8 Å². The van der Waals surface area contributed by atoms with Crippen LogP contribution in [0.15, 0.2) is 0 Å². The molecule has 0 N–H and O–H groups in total. The zero-order valence-electron chi connectivity index (χ0n) is 5.94. The summed E-state index contributed by atoms with van der Waals surface area (Å²) in [5.74, 6) is 0.802. The summed E-state index contributed by atoms with van der Waals surface area (Å²) < 4.78 is 0. The van der Waals surface area contributed by atoms with Crippen molar-refractivity contribution in [3.05, 3.63) is 0 Å². The number of hydrogen-bond acceptors (Lipinski definition) is 1. The predicted molar refractivity (Wildman–Crippen MR) is 41.0 cm³/mol. The fourth-order valence-corrected chi connectivity index (χ4v) is 1.73. The van der Waals surface area contributed by atoms with Gasteiger partial charge in [-0.3, -0.25) is 0 Å². The maximum absolute atomic E-state index is 5.73. The molecule has 1 heterocycles. The predicted octanol–water partition coefficient (Wildman–Crippen LogP) is 1.71. The molecule has 0 unspecified atom stereocenters. The Hall–Kier alpha value is 0.250. The van der Waals surface area contributed by atoms with Gasteiger partial charge in [-0.05, 0) is 26.4 Å². The van der Waals surface area contributed by atoms with Crippen molar-refractivity contribution in [2.24, 2.45) is 0 Å². The third kappa shape index (κ3) is 1.84. The highest BCUT2D eigenvalue weighted by Gasteiger charge is 2.16. The monoisotopic (exact) mass is 147 g/mol. The molecule has 1 nitrogen and oxygen atoms in total. The highest BCUT2D eigenvalue weighted by molar-refractivity contribution is 6.18. The van der Waals surface area contributed by atoms with Gasteiger partial charge >= 0.3 is 0 Å². The van der Waals surface area contributed by atoms with Gasteiger partial charge in [-0.2, -0.15) is 0 Å². The summed E-state index contributed by atoms with van der Waals surface area (Å²) in [6, 6.07) is 0.653. The summed E-state index contributed by atoms with van der Waals surface area (Å²) in [4.78, 5) is 2.36. The molecule has 0 aromatic heterocycles. The Kier molecular flexibility index (Phi) is 2.80. The molecule has 1 rings (SSSR count). The van der Waals surface area contributed by atoms with E-state index in [0.29, 0.717) is 6.04 Å². The van der Waals surface area contributed by atoms with E-state index in [1.54, 1.807) is 0 Å². The van der Waals surface area contributed by atoms with Gasteiger partial charge in [0.1, 0.15) is 0 Å². The molecule has 54 valence electrons. The maximum atomic E-state index is 5.73. The summed E-state index contributed by atoms with van der Waals surface area (Å²) in [7, 11) is 2.16. The Labute approximate surface area is 62.0 Å². The van der Waals surface area contributed by atoms with Crippen LogP contribution in [0.2, 0.25) is 0 Å². The molecule has 0 aromatic carbocycles. The second-order valence-corrected chi connectivity index (χ2v) is 3.09. The lowest BCUT2D eigenvalue weighted by Crippen LogP contribution is -2.37.